The number of sulfonamides is 1. The van der Waals surface area contributed by atoms with Gasteiger partial charge in [-0.2, -0.15) is 4.31 Å². The largest absolute Gasteiger partial charge is 0.497 e. The van der Waals surface area contributed by atoms with Crippen LogP contribution in [-0.2, 0) is 14.8 Å². The number of benzene rings is 1. The van der Waals surface area contributed by atoms with Crippen molar-refractivity contribution in [3.05, 3.63) is 47.8 Å². The summed E-state index contributed by atoms with van der Waals surface area (Å²) >= 11 is 0. The van der Waals surface area contributed by atoms with Gasteiger partial charge in [0.2, 0.25) is 10.0 Å². The van der Waals surface area contributed by atoms with Gasteiger partial charge in [-0.3, -0.25) is 9.88 Å². The van der Waals surface area contributed by atoms with E-state index >= 15 is 0 Å². The van der Waals surface area contributed by atoms with Crippen molar-refractivity contribution in [2.24, 2.45) is 15.4 Å². The molecule has 10 nitrogen and oxygen atoms in total. The molecular weight excluding hydrogens is 576 g/mol. The van der Waals surface area contributed by atoms with E-state index < -0.39 is 10.0 Å². The summed E-state index contributed by atoms with van der Waals surface area (Å²) < 4.78 is 40.5. The Morgan fingerprint density at radius 1 is 1.00 bits per heavy atom. The third-order valence-electron chi connectivity index (χ3n) is 9.85. The molecule has 1 spiro atoms. The van der Waals surface area contributed by atoms with Gasteiger partial charge >= 0.3 is 6.02 Å². The number of pyridine rings is 1. The summed E-state index contributed by atoms with van der Waals surface area (Å²) in [4.78, 5) is 18.8. The van der Waals surface area contributed by atoms with Crippen LogP contribution in [0.3, 0.4) is 0 Å². The fraction of sp³-hybridized carbons (Fsp3) is 0.606. The second-order valence-corrected chi connectivity index (χ2v) is 14.6. The first kappa shape index (κ1) is 31.0. The van der Waals surface area contributed by atoms with Crippen LogP contribution in [0.4, 0.5) is 5.69 Å². The van der Waals surface area contributed by atoms with Crippen molar-refractivity contribution >= 4 is 27.9 Å². The standard InChI is InChI=1S/C33H46N6O4S/c1-25-23-29(42-3)24-26(2)31(25)44(40,41)39(28-5-6-28)17-4-22-43-32-35-16-9-30(36-32)38-20-12-33(13-21-38)10-18-37(19-11-33)27-7-14-34-15-8-27/h7-8,14-16,23-24,28,30H,4-6,9-13,17-22H2,1-3H3. The Hall–Kier alpha value is -3.02. The molecule has 44 heavy (non-hydrogen) atoms. The average molecular weight is 623 g/mol. The van der Waals surface area contributed by atoms with Gasteiger partial charge in [0.25, 0.3) is 0 Å². The molecule has 6 rings (SSSR count). The lowest BCUT2D eigenvalue weighted by atomic mass is 9.71. The summed E-state index contributed by atoms with van der Waals surface area (Å²) in [6, 6.07) is 8.27. The van der Waals surface area contributed by atoms with Crippen LogP contribution in [0.5, 0.6) is 5.75 Å². The van der Waals surface area contributed by atoms with Gasteiger partial charge in [0.15, 0.2) is 0 Å². The van der Waals surface area contributed by atoms with Crippen LogP contribution < -0.4 is 9.64 Å². The lowest BCUT2D eigenvalue weighted by Gasteiger charge is -2.48. The maximum atomic E-state index is 13.7. The summed E-state index contributed by atoms with van der Waals surface area (Å²) in [5.74, 6) is 0.670. The normalized spacial score (nSPS) is 22.3. The molecule has 2 aromatic rings. The predicted molar refractivity (Wildman–Crippen MR) is 173 cm³/mol. The molecule has 1 atom stereocenters. The van der Waals surface area contributed by atoms with Gasteiger partial charge in [-0.05, 0) is 99.6 Å². The van der Waals surface area contributed by atoms with E-state index in [1.165, 1.54) is 31.4 Å². The number of nitrogens with zero attached hydrogens (tertiary/aromatic N) is 6. The second-order valence-electron chi connectivity index (χ2n) is 12.8. The molecule has 1 aromatic carbocycles. The molecule has 0 amide bonds. The number of methoxy groups -OCH3 is 1. The van der Waals surface area contributed by atoms with Gasteiger partial charge in [0, 0.05) is 69.5 Å². The zero-order valence-electron chi connectivity index (χ0n) is 26.3. The van der Waals surface area contributed by atoms with Crippen LogP contribution in [0.2, 0.25) is 0 Å². The van der Waals surface area contributed by atoms with Crippen molar-refractivity contribution < 1.29 is 17.9 Å². The van der Waals surface area contributed by atoms with Crippen molar-refractivity contribution in [2.75, 3.05) is 51.3 Å². The number of likely N-dealkylation sites (tertiary alicyclic amines) is 1. The van der Waals surface area contributed by atoms with Gasteiger partial charge in [-0.1, -0.05) is 0 Å². The van der Waals surface area contributed by atoms with E-state index in [-0.39, 0.29) is 12.2 Å². The number of aliphatic imine (C=N–C) groups is 2. The first-order valence-corrected chi connectivity index (χ1v) is 17.5. The summed E-state index contributed by atoms with van der Waals surface area (Å²) in [6.45, 7) is 8.75. The van der Waals surface area contributed by atoms with Crippen LogP contribution in [0.1, 0.15) is 62.5 Å². The molecule has 4 heterocycles. The summed E-state index contributed by atoms with van der Waals surface area (Å²) in [6.07, 6.45) is 13.8. The number of hydrogen-bond donors (Lipinski definition) is 0. The Morgan fingerprint density at radius 2 is 1.66 bits per heavy atom. The molecule has 3 aliphatic heterocycles. The lowest BCUT2D eigenvalue weighted by Crippen LogP contribution is -2.49. The lowest BCUT2D eigenvalue weighted by molar-refractivity contribution is 0.0571. The van der Waals surface area contributed by atoms with E-state index in [0.29, 0.717) is 52.8 Å². The Morgan fingerprint density at radius 3 is 2.30 bits per heavy atom. The number of anilines is 1. The Balaban J connectivity index is 0.989. The number of hydrogen-bond acceptors (Lipinski definition) is 9. The Bertz CT molecular complexity index is 1440. The minimum atomic E-state index is -3.63. The van der Waals surface area contributed by atoms with E-state index in [1.54, 1.807) is 23.5 Å². The molecule has 0 radical (unpaired) electrons. The maximum absolute atomic E-state index is 13.7. The quantitative estimate of drug-likeness (QED) is 0.351. The first-order valence-electron chi connectivity index (χ1n) is 16.1. The smallest absolute Gasteiger partial charge is 0.312 e. The topological polar surface area (TPSA) is 99.9 Å². The Kier molecular flexibility index (Phi) is 9.26. The maximum Gasteiger partial charge on any atom is 0.312 e. The number of aryl methyl sites for hydroxylation is 2. The van der Waals surface area contributed by atoms with Crippen LogP contribution >= 0.6 is 0 Å². The zero-order valence-corrected chi connectivity index (χ0v) is 27.1. The van der Waals surface area contributed by atoms with Crippen LogP contribution in [0.25, 0.3) is 0 Å². The van der Waals surface area contributed by atoms with Crippen molar-refractivity contribution in [3.8, 4) is 5.75 Å². The third kappa shape index (κ3) is 6.79. The molecule has 11 heteroatoms. The van der Waals surface area contributed by atoms with Gasteiger partial charge in [0.1, 0.15) is 11.9 Å². The number of amidine groups is 1. The molecule has 1 saturated carbocycles. The van der Waals surface area contributed by atoms with E-state index in [1.807, 2.05) is 32.5 Å². The first-order chi connectivity index (χ1) is 21.3. The number of rotatable bonds is 10. The fourth-order valence-corrected chi connectivity index (χ4v) is 9.27. The van der Waals surface area contributed by atoms with Crippen molar-refractivity contribution in [1.82, 2.24) is 14.2 Å². The fourth-order valence-electron chi connectivity index (χ4n) is 7.13. The van der Waals surface area contributed by atoms with Gasteiger partial charge < -0.3 is 14.4 Å². The van der Waals surface area contributed by atoms with Crippen molar-refractivity contribution in [1.29, 1.82) is 0 Å². The molecule has 1 aromatic heterocycles. The number of ether oxygens (including phenoxy) is 2. The molecular formula is C33H46N6O4S. The van der Waals surface area contributed by atoms with E-state index in [9.17, 15) is 8.42 Å². The SMILES string of the molecule is COc1cc(C)c(S(=O)(=O)N(CCCOC2=NC(N3CCC4(CCN(c5ccncc5)CC4)CC3)CC=N2)C2CC2)c(C)c1. The Labute approximate surface area is 262 Å². The summed E-state index contributed by atoms with van der Waals surface area (Å²) in [7, 11) is -2.04. The number of aromatic nitrogens is 1. The molecule has 2 saturated heterocycles. The molecule has 0 bridgehead atoms. The van der Waals surface area contributed by atoms with Gasteiger partial charge in [-0.25, -0.2) is 18.4 Å². The highest BCUT2D eigenvalue weighted by atomic mass is 32.2. The van der Waals surface area contributed by atoms with Crippen LogP contribution in [-0.4, -0.2) is 93.5 Å². The summed E-state index contributed by atoms with van der Waals surface area (Å²) in [5.41, 5.74) is 3.13. The van der Waals surface area contributed by atoms with Crippen LogP contribution in [0.15, 0.2) is 51.5 Å². The zero-order chi connectivity index (χ0) is 30.7. The summed E-state index contributed by atoms with van der Waals surface area (Å²) in [5, 5.41) is 0. The van der Waals surface area contributed by atoms with Gasteiger partial charge in [-0.15, -0.1) is 0 Å². The van der Waals surface area contributed by atoms with Crippen molar-refractivity contribution in [3.63, 3.8) is 0 Å². The molecule has 238 valence electrons. The number of piperidine rings is 2. The minimum absolute atomic E-state index is 0.0561. The highest BCUT2D eigenvalue weighted by molar-refractivity contribution is 7.89. The van der Waals surface area contributed by atoms with Crippen LogP contribution in [0, 0.1) is 19.3 Å². The molecule has 0 N–H and O–H groups in total. The highest BCUT2D eigenvalue weighted by Gasteiger charge is 2.40. The molecule has 4 aliphatic rings. The highest BCUT2D eigenvalue weighted by Crippen LogP contribution is 2.43. The third-order valence-corrected chi connectivity index (χ3v) is 12.1. The monoisotopic (exact) mass is 622 g/mol. The predicted octanol–water partition coefficient (Wildman–Crippen LogP) is 4.81. The molecule has 1 aliphatic carbocycles. The van der Waals surface area contributed by atoms with Crippen molar-refractivity contribution in [2.45, 2.75) is 82.3 Å². The van der Waals surface area contributed by atoms with E-state index in [0.717, 1.165) is 45.4 Å². The average Bonchev–Trinajstić information content (AvgIpc) is 3.87. The minimum Gasteiger partial charge on any atom is -0.497 e. The molecule has 1 unspecified atom stereocenters. The van der Waals surface area contributed by atoms with E-state index in [4.69, 9.17) is 14.5 Å². The van der Waals surface area contributed by atoms with E-state index in [2.05, 4.69) is 31.9 Å². The second kappa shape index (κ2) is 13.1. The molecule has 3 fully saturated rings. The van der Waals surface area contributed by atoms with Gasteiger partial charge in [0.05, 0.1) is 18.6 Å².